The average Bonchev–Trinajstić information content (AvgIpc) is 3.58. The maximum absolute atomic E-state index is 14.0. The molecule has 2 amide bonds. The molecule has 1 aromatic heterocycles. The van der Waals surface area contributed by atoms with Crippen LogP contribution in [-0.2, 0) is 16.0 Å². The molecule has 198 valence electrons. The maximum Gasteiger partial charge on any atom is 0.246 e. The Morgan fingerprint density at radius 2 is 1.86 bits per heavy atom. The SMILES string of the molecule is CNC(C)C(=O)NC(C(=O)N1CCCC1c1cc(N2CCc3cc(F)ccc32)ccn1)C1CCCCC1. The van der Waals surface area contributed by atoms with Gasteiger partial charge < -0.3 is 20.4 Å². The minimum absolute atomic E-state index is 0.0141. The smallest absolute Gasteiger partial charge is 0.246 e. The highest BCUT2D eigenvalue weighted by Gasteiger charge is 2.39. The first-order valence-electron chi connectivity index (χ1n) is 13.8. The molecular formula is C29H38FN5O2. The molecule has 3 heterocycles. The van der Waals surface area contributed by atoms with Gasteiger partial charge in [-0.3, -0.25) is 14.6 Å². The monoisotopic (exact) mass is 507 g/mol. The van der Waals surface area contributed by atoms with Crippen molar-refractivity contribution in [1.29, 1.82) is 0 Å². The summed E-state index contributed by atoms with van der Waals surface area (Å²) in [5, 5.41) is 6.09. The number of fused-ring (bicyclic) bond motifs is 1. The highest BCUT2D eigenvalue weighted by atomic mass is 19.1. The highest BCUT2D eigenvalue weighted by molar-refractivity contribution is 5.90. The molecule has 0 bridgehead atoms. The number of hydrogen-bond donors (Lipinski definition) is 2. The van der Waals surface area contributed by atoms with Gasteiger partial charge in [-0.05, 0) is 87.9 Å². The van der Waals surface area contributed by atoms with Crippen molar-refractivity contribution >= 4 is 23.2 Å². The second kappa shape index (κ2) is 11.2. The van der Waals surface area contributed by atoms with Crippen LogP contribution in [0.2, 0.25) is 0 Å². The van der Waals surface area contributed by atoms with Crippen molar-refractivity contribution in [3.8, 4) is 0 Å². The third-order valence-corrected chi connectivity index (χ3v) is 8.40. The van der Waals surface area contributed by atoms with E-state index in [0.29, 0.717) is 6.54 Å². The molecular weight excluding hydrogens is 469 g/mol. The van der Waals surface area contributed by atoms with Gasteiger partial charge in [-0.15, -0.1) is 0 Å². The molecule has 0 radical (unpaired) electrons. The molecule has 2 aliphatic heterocycles. The third kappa shape index (κ3) is 5.35. The standard InChI is InChI=1S/C29H38FN5O2/c1-19(31-2)28(36)33-27(20-7-4-3-5-8-20)29(37)35-15-6-9-26(35)24-18-23(12-14-32-24)34-16-13-21-17-22(30)10-11-25(21)34/h10-12,14,17-20,26-27,31H,3-9,13,15-16H2,1-2H3,(H,33,36). The fourth-order valence-electron chi connectivity index (χ4n) is 6.20. The van der Waals surface area contributed by atoms with Gasteiger partial charge >= 0.3 is 0 Å². The van der Waals surface area contributed by atoms with Crippen molar-refractivity contribution in [2.45, 2.75) is 76.4 Å². The lowest BCUT2D eigenvalue weighted by Crippen LogP contribution is -2.55. The molecule has 7 nitrogen and oxygen atoms in total. The molecule has 1 saturated carbocycles. The van der Waals surface area contributed by atoms with Crippen molar-refractivity contribution < 1.29 is 14.0 Å². The maximum atomic E-state index is 14.0. The van der Waals surface area contributed by atoms with Crippen LogP contribution >= 0.6 is 0 Å². The fraction of sp³-hybridized carbons (Fsp3) is 0.552. The first kappa shape index (κ1) is 25.6. The van der Waals surface area contributed by atoms with Crippen LogP contribution in [-0.4, -0.2) is 53.9 Å². The van der Waals surface area contributed by atoms with Crippen LogP contribution in [0.1, 0.15) is 69.2 Å². The summed E-state index contributed by atoms with van der Waals surface area (Å²) in [6.07, 6.45) is 9.68. The summed E-state index contributed by atoms with van der Waals surface area (Å²) in [6.45, 7) is 3.27. The minimum Gasteiger partial charge on any atom is -0.343 e. The van der Waals surface area contributed by atoms with Crippen LogP contribution in [0, 0.1) is 11.7 Å². The first-order chi connectivity index (χ1) is 18.0. The van der Waals surface area contributed by atoms with Crippen LogP contribution in [0.25, 0.3) is 0 Å². The number of hydrogen-bond acceptors (Lipinski definition) is 5. The normalized spacial score (nSPS) is 21.5. The number of halogens is 1. The van der Waals surface area contributed by atoms with Gasteiger partial charge in [0.25, 0.3) is 0 Å². The van der Waals surface area contributed by atoms with Crippen LogP contribution in [0.4, 0.5) is 15.8 Å². The summed E-state index contributed by atoms with van der Waals surface area (Å²) >= 11 is 0. The molecule has 37 heavy (non-hydrogen) atoms. The molecule has 1 aromatic carbocycles. The van der Waals surface area contributed by atoms with Crippen molar-refractivity contribution in [3.63, 3.8) is 0 Å². The average molecular weight is 508 g/mol. The van der Waals surface area contributed by atoms with Gasteiger partial charge in [-0.25, -0.2) is 4.39 Å². The van der Waals surface area contributed by atoms with Gasteiger partial charge in [0.1, 0.15) is 11.9 Å². The summed E-state index contributed by atoms with van der Waals surface area (Å²) < 4.78 is 13.7. The van der Waals surface area contributed by atoms with E-state index in [2.05, 4.69) is 21.6 Å². The highest BCUT2D eigenvalue weighted by Crippen LogP contribution is 2.38. The van der Waals surface area contributed by atoms with Gasteiger partial charge in [0.05, 0.1) is 17.8 Å². The van der Waals surface area contributed by atoms with Crippen molar-refractivity contribution in [1.82, 2.24) is 20.5 Å². The predicted molar refractivity (Wildman–Crippen MR) is 142 cm³/mol. The Kier molecular flexibility index (Phi) is 7.74. The molecule has 8 heteroatoms. The Morgan fingerprint density at radius 3 is 2.65 bits per heavy atom. The van der Waals surface area contributed by atoms with Crippen LogP contribution in [0.3, 0.4) is 0 Å². The Bertz CT molecular complexity index is 1140. The van der Waals surface area contributed by atoms with Crippen molar-refractivity contribution in [2.75, 3.05) is 25.0 Å². The van der Waals surface area contributed by atoms with E-state index in [9.17, 15) is 14.0 Å². The summed E-state index contributed by atoms with van der Waals surface area (Å²) in [7, 11) is 1.76. The number of rotatable bonds is 7. The molecule has 1 aliphatic carbocycles. The quantitative estimate of drug-likeness (QED) is 0.586. The molecule has 3 unspecified atom stereocenters. The number of aromatic nitrogens is 1. The number of carbonyl (C=O) groups excluding carboxylic acids is 2. The van der Waals surface area contributed by atoms with E-state index < -0.39 is 6.04 Å². The molecule has 2 aromatic rings. The summed E-state index contributed by atoms with van der Waals surface area (Å²) in [5.74, 6) is -0.164. The number of likely N-dealkylation sites (N-methyl/N-ethyl adjacent to an activating group) is 1. The van der Waals surface area contributed by atoms with E-state index in [4.69, 9.17) is 4.98 Å². The van der Waals surface area contributed by atoms with Crippen molar-refractivity contribution in [3.05, 3.63) is 53.6 Å². The second-order valence-corrected chi connectivity index (χ2v) is 10.7. The van der Waals surface area contributed by atoms with Gasteiger partial charge in [0.2, 0.25) is 11.8 Å². The minimum atomic E-state index is -0.507. The lowest BCUT2D eigenvalue weighted by Gasteiger charge is -2.35. The Balaban J connectivity index is 1.38. The lowest BCUT2D eigenvalue weighted by molar-refractivity contribution is -0.139. The summed E-state index contributed by atoms with van der Waals surface area (Å²) in [4.78, 5) is 35.7. The molecule has 2 N–H and O–H groups in total. The summed E-state index contributed by atoms with van der Waals surface area (Å²) in [6, 6.07) is 8.03. The Labute approximate surface area is 218 Å². The zero-order valence-corrected chi connectivity index (χ0v) is 21.9. The number of carbonyl (C=O) groups is 2. The topological polar surface area (TPSA) is 77.6 Å². The van der Waals surface area contributed by atoms with E-state index in [1.165, 1.54) is 12.5 Å². The second-order valence-electron chi connectivity index (χ2n) is 10.7. The van der Waals surface area contributed by atoms with Gasteiger partial charge in [-0.1, -0.05) is 19.3 Å². The van der Waals surface area contributed by atoms with Crippen molar-refractivity contribution in [2.24, 2.45) is 5.92 Å². The number of anilines is 2. The lowest BCUT2D eigenvalue weighted by atomic mass is 9.83. The first-order valence-corrected chi connectivity index (χ1v) is 13.8. The number of likely N-dealkylation sites (tertiary alicyclic amines) is 1. The van der Waals surface area contributed by atoms with Crippen LogP contribution in [0.5, 0.6) is 0 Å². The number of nitrogens with one attached hydrogen (secondary N) is 2. The van der Waals surface area contributed by atoms with E-state index in [0.717, 1.165) is 74.1 Å². The van der Waals surface area contributed by atoms with E-state index in [1.54, 1.807) is 13.1 Å². The van der Waals surface area contributed by atoms with E-state index in [1.807, 2.05) is 30.2 Å². The largest absolute Gasteiger partial charge is 0.343 e. The molecule has 1 saturated heterocycles. The van der Waals surface area contributed by atoms with E-state index in [-0.39, 0.29) is 35.6 Å². The van der Waals surface area contributed by atoms with Crippen LogP contribution < -0.4 is 15.5 Å². The van der Waals surface area contributed by atoms with Crippen LogP contribution in [0.15, 0.2) is 36.5 Å². The van der Waals surface area contributed by atoms with Gasteiger partial charge in [-0.2, -0.15) is 0 Å². The number of pyridine rings is 1. The third-order valence-electron chi connectivity index (χ3n) is 8.40. The Morgan fingerprint density at radius 1 is 1.05 bits per heavy atom. The predicted octanol–water partition coefficient (Wildman–Crippen LogP) is 4.25. The fourth-order valence-corrected chi connectivity index (χ4v) is 6.20. The molecule has 2 fully saturated rings. The number of amides is 2. The zero-order valence-electron chi connectivity index (χ0n) is 21.9. The van der Waals surface area contributed by atoms with E-state index >= 15 is 0 Å². The van der Waals surface area contributed by atoms with Gasteiger partial charge in [0.15, 0.2) is 0 Å². The summed E-state index contributed by atoms with van der Waals surface area (Å²) in [5.41, 5.74) is 3.92. The molecule has 3 atom stereocenters. The zero-order chi connectivity index (χ0) is 25.9. The number of nitrogens with zero attached hydrogens (tertiary/aromatic N) is 3. The molecule has 3 aliphatic rings. The van der Waals surface area contributed by atoms with Gasteiger partial charge in [0, 0.05) is 30.7 Å². The molecule has 5 rings (SSSR count). The molecule has 0 spiro atoms. The number of benzene rings is 1. The Hall–Kier alpha value is -3.00.